The Labute approximate surface area is 248 Å². The van der Waals surface area contributed by atoms with E-state index in [0.29, 0.717) is 66.1 Å². The number of hydrogen-bond acceptors (Lipinski definition) is 11. The molecule has 0 radical (unpaired) electrons. The molecule has 0 aromatic heterocycles. The normalized spacial score (nSPS) is 24.3. The van der Waals surface area contributed by atoms with Crippen LogP contribution in [0.1, 0.15) is 55.4 Å². The Balaban J connectivity index is 1.40. The van der Waals surface area contributed by atoms with E-state index < -0.39 is 0 Å². The van der Waals surface area contributed by atoms with Crippen LogP contribution in [0, 0.1) is 0 Å². The molecule has 2 rings (SSSR count). The van der Waals surface area contributed by atoms with Crippen LogP contribution in [-0.2, 0) is 52.1 Å². The zero-order valence-electron chi connectivity index (χ0n) is 26.7. The van der Waals surface area contributed by atoms with Crippen LogP contribution in [0.15, 0.2) is 0 Å². The van der Waals surface area contributed by atoms with Gasteiger partial charge in [0.15, 0.2) is 0 Å². The van der Waals surface area contributed by atoms with Crippen LogP contribution in [0.4, 0.5) is 0 Å². The Kier molecular flexibility index (Phi) is 19.1. The van der Waals surface area contributed by atoms with Crippen molar-refractivity contribution in [2.75, 3.05) is 79.3 Å². The van der Waals surface area contributed by atoms with Gasteiger partial charge in [0.25, 0.3) is 0 Å². The predicted octanol–water partition coefficient (Wildman–Crippen LogP) is 3.04. The highest BCUT2D eigenvalue weighted by atomic mass is 16.6. The molecular weight excluding hydrogens is 536 g/mol. The van der Waals surface area contributed by atoms with E-state index in [0.717, 1.165) is 13.2 Å². The summed E-state index contributed by atoms with van der Waals surface area (Å²) >= 11 is 0. The zero-order chi connectivity index (χ0) is 30.0. The average molecular weight is 595 g/mol. The molecule has 41 heavy (non-hydrogen) atoms. The molecule has 0 aromatic carbocycles. The molecule has 0 aromatic rings. The van der Waals surface area contributed by atoms with Gasteiger partial charge in [-0.2, -0.15) is 0 Å². The molecule has 11 nitrogen and oxygen atoms in total. The minimum Gasteiger partial charge on any atom is -0.376 e. The smallest absolute Gasteiger partial charge is 0.104 e. The van der Waals surface area contributed by atoms with Crippen molar-refractivity contribution in [3.8, 4) is 0 Å². The van der Waals surface area contributed by atoms with Gasteiger partial charge in [-0.3, -0.25) is 0 Å². The lowest BCUT2D eigenvalue weighted by Crippen LogP contribution is -2.30. The summed E-state index contributed by atoms with van der Waals surface area (Å²) < 4.78 is 62.6. The highest BCUT2D eigenvalue weighted by molar-refractivity contribution is 4.69. The standard InChI is InChI=1S/C30H58O11/c1-21(9-31-17-29-19-40-29)32-10-22(2)33-11-23(3)34-12-24(4)35-13-25(5)36-14-26(6)37-15-27(7)38-16-28(8)39-18-30-20-41-30/h21-30H,9-20H2,1-8H3. The SMILES string of the molecule is CC(COCC1CO1)OCC(C)OCC(C)OCC(C)OCC(C)OCC(C)OCC(C)OCC(C)OCC1CO1. The lowest BCUT2D eigenvalue weighted by molar-refractivity contribution is -0.110. The highest BCUT2D eigenvalue weighted by Gasteiger charge is 2.24. The third-order valence-electron chi connectivity index (χ3n) is 6.34. The number of hydrogen-bond donors (Lipinski definition) is 0. The van der Waals surface area contributed by atoms with Gasteiger partial charge in [0.2, 0.25) is 0 Å². The molecule has 2 aliphatic heterocycles. The van der Waals surface area contributed by atoms with Crippen molar-refractivity contribution >= 4 is 0 Å². The molecule has 2 fully saturated rings. The van der Waals surface area contributed by atoms with Crippen molar-refractivity contribution in [3.05, 3.63) is 0 Å². The largest absolute Gasteiger partial charge is 0.376 e. The van der Waals surface area contributed by atoms with Gasteiger partial charge in [-0.25, -0.2) is 0 Å². The van der Waals surface area contributed by atoms with E-state index >= 15 is 0 Å². The molecule has 0 aliphatic carbocycles. The van der Waals surface area contributed by atoms with E-state index in [9.17, 15) is 0 Å². The molecule has 244 valence electrons. The van der Waals surface area contributed by atoms with Crippen LogP contribution in [0.5, 0.6) is 0 Å². The Morgan fingerprint density at radius 1 is 0.390 bits per heavy atom. The highest BCUT2D eigenvalue weighted by Crippen LogP contribution is 2.11. The fraction of sp³-hybridized carbons (Fsp3) is 1.00. The zero-order valence-corrected chi connectivity index (χ0v) is 26.7. The Hall–Kier alpha value is -0.440. The van der Waals surface area contributed by atoms with Crippen molar-refractivity contribution in [2.24, 2.45) is 0 Å². The monoisotopic (exact) mass is 594 g/mol. The van der Waals surface area contributed by atoms with Crippen LogP contribution >= 0.6 is 0 Å². The molecule has 10 atom stereocenters. The van der Waals surface area contributed by atoms with Crippen molar-refractivity contribution in [1.82, 2.24) is 0 Å². The third kappa shape index (κ3) is 21.0. The molecule has 0 saturated carbocycles. The van der Waals surface area contributed by atoms with Crippen LogP contribution in [0.2, 0.25) is 0 Å². The van der Waals surface area contributed by atoms with Gasteiger partial charge in [-0.1, -0.05) is 0 Å². The van der Waals surface area contributed by atoms with E-state index in [-0.39, 0.29) is 61.0 Å². The number of rotatable bonds is 28. The first-order valence-corrected chi connectivity index (χ1v) is 15.3. The maximum absolute atomic E-state index is 5.91. The van der Waals surface area contributed by atoms with Crippen molar-refractivity contribution < 1.29 is 52.1 Å². The van der Waals surface area contributed by atoms with Gasteiger partial charge in [0.05, 0.1) is 128 Å². The van der Waals surface area contributed by atoms with E-state index in [1.807, 2.05) is 55.4 Å². The van der Waals surface area contributed by atoms with E-state index in [2.05, 4.69) is 0 Å². The first-order valence-electron chi connectivity index (χ1n) is 15.3. The molecule has 2 aliphatic rings. The Morgan fingerprint density at radius 2 is 0.634 bits per heavy atom. The molecule has 11 heteroatoms. The van der Waals surface area contributed by atoms with Gasteiger partial charge in [-0.15, -0.1) is 0 Å². The second-order valence-corrected chi connectivity index (χ2v) is 11.6. The predicted molar refractivity (Wildman–Crippen MR) is 154 cm³/mol. The fourth-order valence-corrected chi connectivity index (χ4v) is 3.45. The maximum Gasteiger partial charge on any atom is 0.104 e. The quantitative estimate of drug-likeness (QED) is 0.125. The van der Waals surface area contributed by atoms with Gasteiger partial charge >= 0.3 is 0 Å². The second-order valence-electron chi connectivity index (χ2n) is 11.6. The average Bonchev–Trinajstić information content (AvgIpc) is 3.88. The summed E-state index contributed by atoms with van der Waals surface area (Å²) in [7, 11) is 0. The first-order chi connectivity index (χ1) is 19.6. The summed E-state index contributed by atoms with van der Waals surface area (Å²) in [6.07, 6.45) is 0.353. The molecule has 2 heterocycles. The van der Waals surface area contributed by atoms with Crippen LogP contribution in [0.3, 0.4) is 0 Å². The van der Waals surface area contributed by atoms with Gasteiger partial charge in [0, 0.05) is 0 Å². The van der Waals surface area contributed by atoms with Crippen LogP contribution < -0.4 is 0 Å². The van der Waals surface area contributed by atoms with Crippen molar-refractivity contribution in [1.29, 1.82) is 0 Å². The van der Waals surface area contributed by atoms with E-state index in [1.54, 1.807) is 0 Å². The minimum atomic E-state index is -0.0546. The molecular formula is C30H58O11. The third-order valence-corrected chi connectivity index (χ3v) is 6.34. The summed E-state index contributed by atoms with van der Waals surface area (Å²) in [6.45, 7) is 22.9. The summed E-state index contributed by atoms with van der Waals surface area (Å²) in [4.78, 5) is 0. The molecule has 0 amide bonds. The molecule has 0 bridgehead atoms. The van der Waals surface area contributed by atoms with E-state index in [1.165, 1.54) is 0 Å². The lowest BCUT2D eigenvalue weighted by Gasteiger charge is -2.23. The second kappa shape index (κ2) is 21.3. The lowest BCUT2D eigenvalue weighted by atomic mass is 10.3. The summed E-state index contributed by atoms with van der Waals surface area (Å²) in [6, 6.07) is 0. The number of epoxide rings is 2. The van der Waals surface area contributed by atoms with Crippen LogP contribution in [0.25, 0.3) is 0 Å². The minimum absolute atomic E-state index is 0.0179. The molecule has 0 spiro atoms. The van der Waals surface area contributed by atoms with Crippen LogP contribution in [-0.4, -0.2) is 140 Å². The van der Waals surface area contributed by atoms with Crippen molar-refractivity contribution in [2.45, 2.75) is 116 Å². The van der Waals surface area contributed by atoms with Gasteiger partial charge in [0.1, 0.15) is 12.2 Å². The summed E-state index contributed by atoms with van der Waals surface area (Å²) in [5, 5.41) is 0. The Morgan fingerprint density at radius 3 is 0.927 bits per heavy atom. The molecule has 2 saturated heterocycles. The first kappa shape index (κ1) is 36.8. The number of ether oxygens (including phenoxy) is 11. The van der Waals surface area contributed by atoms with Gasteiger partial charge < -0.3 is 52.1 Å². The summed E-state index contributed by atoms with van der Waals surface area (Å²) in [5.74, 6) is 0. The van der Waals surface area contributed by atoms with Gasteiger partial charge in [-0.05, 0) is 55.4 Å². The molecule has 10 unspecified atom stereocenters. The topological polar surface area (TPSA) is 108 Å². The fourth-order valence-electron chi connectivity index (χ4n) is 3.45. The molecule has 0 N–H and O–H groups in total. The summed E-state index contributed by atoms with van der Waals surface area (Å²) in [5.41, 5.74) is 0. The van der Waals surface area contributed by atoms with E-state index in [4.69, 9.17) is 52.1 Å². The maximum atomic E-state index is 5.91. The van der Waals surface area contributed by atoms with Crippen molar-refractivity contribution in [3.63, 3.8) is 0 Å². The Bertz CT molecular complexity index is 634.